The van der Waals surface area contributed by atoms with Gasteiger partial charge in [0.25, 0.3) is 0 Å². The summed E-state index contributed by atoms with van der Waals surface area (Å²) >= 11 is 0. The lowest BCUT2D eigenvalue weighted by Crippen LogP contribution is -2.08. The maximum absolute atomic E-state index is 11.9. The molecule has 3 rings (SSSR count). The van der Waals surface area contributed by atoms with Crippen LogP contribution in [0.3, 0.4) is 0 Å². The molecule has 2 aromatic heterocycles. The van der Waals surface area contributed by atoms with Crippen molar-refractivity contribution >= 4 is 21.2 Å². The van der Waals surface area contributed by atoms with Gasteiger partial charge in [0.2, 0.25) is 0 Å². The van der Waals surface area contributed by atoms with E-state index in [2.05, 4.69) is 10.1 Å². The second-order valence-electron chi connectivity index (χ2n) is 4.25. The van der Waals surface area contributed by atoms with Crippen LogP contribution in [-0.2, 0) is 9.84 Å². The van der Waals surface area contributed by atoms with Crippen LogP contribution in [0.4, 0.5) is 5.69 Å². The van der Waals surface area contributed by atoms with E-state index in [4.69, 9.17) is 5.73 Å². The Labute approximate surface area is 98.4 Å². The number of rotatable bonds is 1. The molecular weight excluding hydrogens is 240 g/mol. The minimum atomic E-state index is -3.04. The first kappa shape index (κ1) is 10.5. The highest BCUT2D eigenvalue weighted by Gasteiger charge is 2.34. The molecule has 1 aliphatic rings. The number of sulfone groups is 1. The fourth-order valence-electron chi connectivity index (χ4n) is 2.28. The van der Waals surface area contributed by atoms with E-state index in [1.165, 1.54) is 10.7 Å². The summed E-state index contributed by atoms with van der Waals surface area (Å²) in [6, 6.07) is 0. The number of anilines is 1. The SMILES string of the molecule is Nc1cnc2c(C3CCCS3(=O)=O)cnn2c1. The van der Waals surface area contributed by atoms with E-state index in [0.717, 1.165) is 0 Å². The summed E-state index contributed by atoms with van der Waals surface area (Å²) in [5.41, 5.74) is 7.36. The second kappa shape index (κ2) is 3.43. The molecule has 0 aromatic carbocycles. The normalized spacial score (nSPS) is 23.2. The Kier molecular flexibility index (Phi) is 2.12. The van der Waals surface area contributed by atoms with Crippen LogP contribution in [0.25, 0.3) is 5.65 Å². The number of hydrogen-bond donors (Lipinski definition) is 1. The van der Waals surface area contributed by atoms with Crippen molar-refractivity contribution in [2.75, 3.05) is 11.5 Å². The number of nitrogens with zero attached hydrogens (tertiary/aromatic N) is 3. The molecule has 1 aliphatic heterocycles. The van der Waals surface area contributed by atoms with Crippen molar-refractivity contribution in [2.24, 2.45) is 0 Å². The van der Waals surface area contributed by atoms with Crippen LogP contribution < -0.4 is 5.73 Å². The molecule has 0 bridgehead atoms. The highest BCUT2D eigenvalue weighted by atomic mass is 32.2. The summed E-state index contributed by atoms with van der Waals surface area (Å²) < 4.78 is 25.3. The zero-order chi connectivity index (χ0) is 12.0. The maximum atomic E-state index is 11.9. The van der Waals surface area contributed by atoms with Gasteiger partial charge < -0.3 is 5.73 Å². The van der Waals surface area contributed by atoms with Crippen LogP contribution in [0, 0.1) is 0 Å². The van der Waals surface area contributed by atoms with Gasteiger partial charge in [-0.05, 0) is 12.8 Å². The lowest BCUT2D eigenvalue weighted by molar-refractivity contribution is 0.592. The lowest BCUT2D eigenvalue weighted by Gasteiger charge is -2.06. The molecule has 6 nitrogen and oxygen atoms in total. The molecule has 1 saturated heterocycles. The molecule has 1 atom stereocenters. The quantitative estimate of drug-likeness (QED) is 0.801. The molecule has 0 spiro atoms. The highest BCUT2D eigenvalue weighted by molar-refractivity contribution is 7.91. The second-order valence-corrected chi connectivity index (χ2v) is 6.56. The Balaban J connectivity index is 2.19. The van der Waals surface area contributed by atoms with E-state index < -0.39 is 15.1 Å². The predicted octanol–water partition coefficient (Wildman–Crippen LogP) is 0.561. The number of hydrogen-bond acceptors (Lipinski definition) is 5. The van der Waals surface area contributed by atoms with E-state index in [-0.39, 0.29) is 5.75 Å². The molecule has 0 amide bonds. The molecular formula is C10H12N4O2S. The van der Waals surface area contributed by atoms with E-state index in [0.29, 0.717) is 29.7 Å². The molecule has 17 heavy (non-hydrogen) atoms. The summed E-state index contributed by atoms with van der Waals surface area (Å²) in [4.78, 5) is 4.16. The molecule has 0 saturated carbocycles. The van der Waals surface area contributed by atoms with Crippen LogP contribution in [0.2, 0.25) is 0 Å². The highest BCUT2D eigenvalue weighted by Crippen LogP contribution is 2.35. The third-order valence-electron chi connectivity index (χ3n) is 3.08. The van der Waals surface area contributed by atoms with Gasteiger partial charge in [-0.2, -0.15) is 5.10 Å². The molecule has 3 heterocycles. The molecule has 1 unspecified atom stereocenters. The Morgan fingerprint density at radius 2 is 2.24 bits per heavy atom. The van der Waals surface area contributed by atoms with Gasteiger partial charge in [-0.15, -0.1) is 0 Å². The van der Waals surface area contributed by atoms with E-state index in [9.17, 15) is 8.42 Å². The molecule has 90 valence electrons. The van der Waals surface area contributed by atoms with Gasteiger partial charge in [0, 0.05) is 5.56 Å². The van der Waals surface area contributed by atoms with Crippen molar-refractivity contribution in [1.82, 2.24) is 14.6 Å². The van der Waals surface area contributed by atoms with Gasteiger partial charge in [0.1, 0.15) is 0 Å². The summed E-state index contributed by atoms with van der Waals surface area (Å²) in [6.45, 7) is 0. The van der Waals surface area contributed by atoms with Gasteiger partial charge in [-0.1, -0.05) is 0 Å². The Bertz CT molecular complexity index is 677. The van der Waals surface area contributed by atoms with Crippen molar-refractivity contribution in [1.29, 1.82) is 0 Å². The number of nitrogens with two attached hydrogens (primary N) is 1. The van der Waals surface area contributed by atoms with E-state index in [1.807, 2.05) is 0 Å². The van der Waals surface area contributed by atoms with E-state index >= 15 is 0 Å². The fourth-order valence-corrected chi connectivity index (χ4v) is 4.21. The van der Waals surface area contributed by atoms with Crippen LogP contribution in [0.15, 0.2) is 18.6 Å². The molecule has 2 aromatic rings. The van der Waals surface area contributed by atoms with E-state index in [1.54, 1.807) is 12.4 Å². The van der Waals surface area contributed by atoms with Gasteiger partial charge in [-0.25, -0.2) is 17.9 Å². The third-order valence-corrected chi connectivity index (χ3v) is 5.29. The summed E-state index contributed by atoms with van der Waals surface area (Å²) in [5.74, 6) is 0.254. The van der Waals surface area contributed by atoms with Crippen molar-refractivity contribution in [3.8, 4) is 0 Å². The van der Waals surface area contributed by atoms with Crippen LogP contribution in [0.5, 0.6) is 0 Å². The average molecular weight is 252 g/mol. The van der Waals surface area contributed by atoms with Crippen molar-refractivity contribution in [3.63, 3.8) is 0 Å². The third kappa shape index (κ3) is 1.57. The average Bonchev–Trinajstić information content (AvgIpc) is 2.80. The standard InChI is InChI=1S/C10H12N4O2S/c11-7-4-12-10-8(5-13-14(10)6-7)9-2-1-3-17(9,15)16/h4-6,9H,1-3,11H2. The summed E-state index contributed by atoms with van der Waals surface area (Å²) in [7, 11) is -3.04. The molecule has 7 heteroatoms. The summed E-state index contributed by atoms with van der Waals surface area (Å²) in [6.07, 6.45) is 6.08. The first-order valence-corrected chi connectivity index (χ1v) is 7.10. The van der Waals surface area contributed by atoms with Crippen LogP contribution in [0.1, 0.15) is 23.7 Å². The summed E-state index contributed by atoms with van der Waals surface area (Å²) in [5, 5.41) is 3.64. The molecule has 2 N–H and O–H groups in total. The van der Waals surface area contributed by atoms with Gasteiger partial charge in [0.15, 0.2) is 15.5 Å². The van der Waals surface area contributed by atoms with Crippen molar-refractivity contribution in [2.45, 2.75) is 18.1 Å². The Morgan fingerprint density at radius 1 is 1.41 bits per heavy atom. The van der Waals surface area contributed by atoms with Crippen LogP contribution in [-0.4, -0.2) is 28.8 Å². The molecule has 0 radical (unpaired) electrons. The number of fused-ring (bicyclic) bond motifs is 1. The predicted molar refractivity (Wildman–Crippen MR) is 63.2 cm³/mol. The van der Waals surface area contributed by atoms with Gasteiger partial charge in [0.05, 0.1) is 35.3 Å². The monoisotopic (exact) mass is 252 g/mol. The zero-order valence-electron chi connectivity index (χ0n) is 9.07. The van der Waals surface area contributed by atoms with Crippen molar-refractivity contribution < 1.29 is 8.42 Å². The van der Waals surface area contributed by atoms with Crippen molar-refractivity contribution in [3.05, 3.63) is 24.2 Å². The minimum absolute atomic E-state index is 0.254. The molecule has 1 fully saturated rings. The number of aromatic nitrogens is 3. The van der Waals surface area contributed by atoms with Gasteiger partial charge >= 0.3 is 0 Å². The lowest BCUT2D eigenvalue weighted by atomic mass is 10.1. The Morgan fingerprint density at radius 3 is 2.94 bits per heavy atom. The van der Waals surface area contributed by atoms with Crippen LogP contribution >= 0.6 is 0 Å². The molecule has 0 aliphatic carbocycles. The minimum Gasteiger partial charge on any atom is -0.396 e. The zero-order valence-corrected chi connectivity index (χ0v) is 9.89. The topological polar surface area (TPSA) is 90.3 Å². The largest absolute Gasteiger partial charge is 0.396 e. The fraction of sp³-hybridized carbons (Fsp3) is 0.400. The number of nitrogen functional groups attached to an aromatic ring is 1. The Hall–Kier alpha value is -1.63. The maximum Gasteiger partial charge on any atom is 0.159 e. The smallest absolute Gasteiger partial charge is 0.159 e. The van der Waals surface area contributed by atoms with Gasteiger partial charge in [-0.3, -0.25) is 0 Å². The first-order valence-electron chi connectivity index (χ1n) is 5.38. The first-order chi connectivity index (χ1) is 8.08.